The Morgan fingerprint density at radius 1 is 1.10 bits per heavy atom. The molecule has 1 atom stereocenters. The van der Waals surface area contributed by atoms with Crippen LogP contribution in [0.2, 0.25) is 5.02 Å². The molecule has 0 aliphatic carbocycles. The summed E-state index contributed by atoms with van der Waals surface area (Å²) in [5.74, 6) is -0.187. The van der Waals surface area contributed by atoms with Gasteiger partial charge >= 0.3 is 0 Å². The molecule has 29 heavy (non-hydrogen) atoms. The summed E-state index contributed by atoms with van der Waals surface area (Å²) in [6, 6.07) is 12.9. The number of amides is 2. The van der Waals surface area contributed by atoms with Crippen LogP contribution >= 0.6 is 11.6 Å². The molecule has 2 amide bonds. The highest BCUT2D eigenvalue weighted by atomic mass is 35.5. The first-order chi connectivity index (χ1) is 13.8. The van der Waals surface area contributed by atoms with Crippen LogP contribution in [0.5, 0.6) is 0 Å². The minimum Gasteiger partial charge on any atom is -0.354 e. The molecule has 4 nitrogen and oxygen atoms in total. The number of aryl methyl sites for hydroxylation is 2. The van der Waals surface area contributed by atoms with Gasteiger partial charge in [0.05, 0.1) is 6.42 Å². The van der Waals surface area contributed by atoms with Crippen molar-refractivity contribution in [2.75, 3.05) is 6.54 Å². The summed E-state index contributed by atoms with van der Waals surface area (Å²) < 4.78 is 0. The number of nitrogens with zero attached hydrogens (tertiary/aromatic N) is 1. The van der Waals surface area contributed by atoms with Crippen molar-refractivity contribution >= 4 is 23.4 Å². The third-order valence-corrected chi connectivity index (χ3v) is 5.36. The van der Waals surface area contributed by atoms with E-state index in [2.05, 4.69) is 12.2 Å². The fraction of sp³-hybridized carbons (Fsp3) is 0.417. The summed E-state index contributed by atoms with van der Waals surface area (Å²) in [6.07, 6.45) is 2.20. The molecule has 2 rings (SSSR count). The minimum absolute atomic E-state index is 0.0632. The molecule has 1 N–H and O–H groups in total. The highest BCUT2D eigenvalue weighted by Gasteiger charge is 2.26. The molecule has 0 fully saturated rings. The van der Waals surface area contributed by atoms with E-state index in [1.54, 1.807) is 24.0 Å². The van der Waals surface area contributed by atoms with Gasteiger partial charge in [0, 0.05) is 18.1 Å². The second kappa shape index (κ2) is 11.0. The van der Waals surface area contributed by atoms with Gasteiger partial charge in [-0.15, -0.1) is 0 Å². The lowest BCUT2D eigenvalue weighted by atomic mass is 10.0. The van der Waals surface area contributed by atoms with Crippen LogP contribution < -0.4 is 5.32 Å². The Labute approximate surface area is 179 Å². The van der Waals surface area contributed by atoms with Gasteiger partial charge in [-0.1, -0.05) is 60.8 Å². The SMILES string of the molecule is CCCCNC(=O)C(C)N(Cc1ccc(Cl)cc1)C(=O)Cc1cc(C)ccc1C. The predicted molar refractivity (Wildman–Crippen MR) is 119 cm³/mol. The molecule has 0 heterocycles. The lowest BCUT2D eigenvalue weighted by Crippen LogP contribution is -2.48. The van der Waals surface area contributed by atoms with Crippen LogP contribution in [0.15, 0.2) is 42.5 Å². The number of carbonyl (C=O) groups is 2. The Morgan fingerprint density at radius 2 is 1.79 bits per heavy atom. The summed E-state index contributed by atoms with van der Waals surface area (Å²) in [5, 5.41) is 3.59. The summed E-state index contributed by atoms with van der Waals surface area (Å²) in [6.45, 7) is 8.88. The molecule has 0 spiro atoms. The van der Waals surface area contributed by atoms with Crippen LogP contribution in [0.4, 0.5) is 0 Å². The van der Waals surface area contributed by atoms with E-state index in [1.807, 2.05) is 44.2 Å². The number of hydrogen-bond acceptors (Lipinski definition) is 2. The van der Waals surface area contributed by atoms with E-state index in [4.69, 9.17) is 11.6 Å². The quantitative estimate of drug-likeness (QED) is 0.597. The summed E-state index contributed by atoms with van der Waals surface area (Å²) in [4.78, 5) is 27.6. The molecule has 2 aromatic carbocycles. The standard InChI is InChI=1S/C24H31ClN2O2/c1-5-6-13-26-24(29)19(4)27(16-20-9-11-22(25)12-10-20)23(28)15-21-14-17(2)7-8-18(21)3/h7-12,14,19H,5-6,13,15-16H2,1-4H3,(H,26,29). The first kappa shape index (κ1) is 23.0. The van der Waals surface area contributed by atoms with Crippen molar-refractivity contribution in [1.82, 2.24) is 10.2 Å². The normalized spacial score (nSPS) is 11.8. The van der Waals surface area contributed by atoms with Crippen LogP contribution in [-0.2, 0) is 22.6 Å². The maximum atomic E-state index is 13.2. The van der Waals surface area contributed by atoms with Gasteiger partial charge in [-0.2, -0.15) is 0 Å². The van der Waals surface area contributed by atoms with Crippen molar-refractivity contribution in [1.29, 1.82) is 0 Å². The number of hydrogen-bond donors (Lipinski definition) is 1. The largest absolute Gasteiger partial charge is 0.354 e. The van der Waals surface area contributed by atoms with Gasteiger partial charge in [0.25, 0.3) is 0 Å². The zero-order valence-electron chi connectivity index (χ0n) is 17.8. The number of nitrogens with one attached hydrogen (secondary N) is 1. The fourth-order valence-corrected chi connectivity index (χ4v) is 3.29. The Kier molecular flexibility index (Phi) is 8.71. The van der Waals surface area contributed by atoms with E-state index in [9.17, 15) is 9.59 Å². The topological polar surface area (TPSA) is 49.4 Å². The molecule has 0 radical (unpaired) electrons. The Bertz CT molecular complexity index is 833. The molecule has 1 unspecified atom stereocenters. The first-order valence-electron chi connectivity index (χ1n) is 10.2. The lowest BCUT2D eigenvalue weighted by molar-refractivity contribution is -0.140. The van der Waals surface area contributed by atoms with Gasteiger partial charge < -0.3 is 10.2 Å². The van der Waals surface area contributed by atoms with Gasteiger partial charge in [-0.25, -0.2) is 0 Å². The zero-order chi connectivity index (χ0) is 21.4. The lowest BCUT2D eigenvalue weighted by Gasteiger charge is -2.29. The van der Waals surface area contributed by atoms with Crippen molar-refractivity contribution in [3.05, 3.63) is 69.7 Å². The molecule has 5 heteroatoms. The second-order valence-corrected chi connectivity index (χ2v) is 8.01. The molecule has 156 valence electrons. The maximum absolute atomic E-state index is 13.2. The Morgan fingerprint density at radius 3 is 2.45 bits per heavy atom. The fourth-order valence-electron chi connectivity index (χ4n) is 3.16. The molecule has 0 bridgehead atoms. The van der Waals surface area contributed by atoms with Crippen LogP contribution in [0, 0.1) is 13.8 Å². The number of unbranched alkanes of at least 4 members (excludes halogenated alkanes) is 1. The molecular formula is C24H31ClN2O2. The molecule has 0 saturated heterocycles. The van der Waals surface area contributed by atoms with Crippen LogP contribution in [0.25, 0.3) is 0 Å². The van der Waals surface area contributed by atoms with Crippen LogP contribution in [0.1, 0.15) is 48.9 Å². The monoisotopic (exact) mass is 414 g/mol. The van der Waals surface area contributed by atoms with Crippen LogP contribution in [-0.4, -0.2) is 29.3 Å². The zero-order valence-corrected chi connectivity index (χ0v) is 18.6. The second-order valence-electron chi connectivity index (χ2n) is 7.58. The van der Waals surface area contributed by atoms with Crippen molar-refractivity contribution in [3.63, 3.8) is 0 Å². The number of benzene rings is 2. The van der Waals surface area contributed by atoms with Crippen LogP contribution in [0.3, 0.4) is 0 Å². The smallest absolute Gasteiger partial charge is 0.242 e. The highest BCUT2D eigenvalue weighted by Crippen LogP contribution is 2.17. The van der Waals surface area contributed by atoms with E-state index in [1.165, 1.54) is 0 Å². The number of carbonyl (C=O) groups excluding carboxylic acids is 2. The third kappa shape index (κ3) is 6.90. The van der Waals surface area contributed by atoms with Crippen molar-refractivity contribution < 1.29 is 9.59 Å². The van der Waals surface area contributed by atoms with Gasteiger partial charge in [0.1, 0.15) is 6.04 Å². The number of rotatable bonds is 9. The molecule has 0 saturated carbocycles. The molecule has 2 aromatic rings. The van der Waals surface area contributed by atoms with Crippen molar-refractivity contribution in [3.8, 4) is 0 Å². The highest BCUT2D eigenvalue weighted by molar-refractivity contribution is 6.30. The minimum atomic E-state index is -0.555. The van der Waals surface area contributed by atoms with Crippen molar-refractivity contribution in [2.45, 2.75) is 59.5 Å². The van der Waals surface area contributed by atoms with Gasteiger partial charge in [-0.3, -0.25) is 9.59 Å². The average molecular weight is 415 g/mol. The van der Waals surface area contributed by atoms with E-state index < -0.39 is 6.04 Å². The molecule has 0 aliphatic rings. The Balaban J connectivity index is 2.22. The van der Waals surface area contributed by atoms with Gasteiger partial charge in [0.2, 0.25) is 11.8 Å². The molecule has 0 aromatic heterocycles. The Hall–Kier alpha value is -2.33. The van der Waals surface area contributed by atoms with Gasteiger partial charge in [0.15, 0.2) is 0 Å². The molecule has 0 aliphatic heterocycles. The van der Waals surface area contributed by atoms with Gasteiger partial charge in [-0.05, 0) is 56.0 Å². The van der Waals surface area contributed by atoms with E-state index in [0.29, 0.717) is 18.1 Å². The summed E-state index contributed by atoms with van der Waals surface area (Å²) in [5.41, 5.74) is 4.13. The van der Waals surface area contributed by atoms with Crippen molar-refractivity contribution in [2.24, 2.45) is 0 Å². The number of halogens is 1. The first-order valence-corrected chi connectivity index (χ1v) is 10.6. The van der Waals surface area contributed by atoms with E-state index in [0.717, 1.165) is 35.1 Å². The van der Waals surface area contributed by atoms with E-state index >= 15 is 0 Å². The summed E-state index contributed by atoms with van der Waals surface area (Å²) >= 11 is 5.99. The average Bonchev–Trinajstić information content (AvgIpc) is 2.69. The third-order valence-electron chi connectivity index (χ3n) is 5.11. The van der Waals surface area contributed by atoms with E-state index in [-0.39, 0.29) is 18.2 Å². The maximum Gasteiger partial charge on any atom is 0.242 e. The predicted octanol–water partition coefficient (Wildman–Crippen LogP) is 4.83. The molecular weight excluding hydrogens is 384 g/mol. The summed E-state index contributed by atoms with van der Waals surface area (Å²) in [7, 11) is 0.